The molecule has 0 aliphatic rings. The van der Waals surface area contributed by atoms with Crippen molar-refractivity contribution < 1.29 is 9.90 Å². The number of aromatic nitrogens is 2. The molecule has 1 aromatic heterocycles. The standard InChI is InChI=1S/C20H18ClN3O3/c1-12(14-5-3-2-4-6-14)18-23-16(17(25)20(27)24-18)19(26)22-11-13-7-9-15(21)10-8-13/h2-10,12,25H,11H2,1H3,(H,22,26)(H,23,24,27). The Morgan fingerprint density at radius 1 is 1.19 bits per heavy atom. The molecule has 0 radical (unpaired) electrons. The lowest BCUT2D eigenvalue weighted by Crippen LogP contribution is -2.27. The van der Waals surface area contributed by atoms with Crippen LogP contribution in [-0.2, 0) is 6.54 Å². The Bertz CT molecular complexity index is 1000. The quantitative estimate of drug-likeness (QED) is 0.630. The summed E-state index contributed by atoms with van der Waals surface area (Å²) in [7, 11) is 0. The highest BCUT2D eigenvalue weighted by Crippen LogP contribution is 2.21. The smallest absolute Gasteiger partial charge is 0.293 e. The van der Waals surface area contributed by atoms with Gasteiger partial charge in [-0.15, -0.1) is 0 Å². The van der Waals surface area contributed by atoms with Gasteiger partial charge in [-0.3, -0.25) is 9.59 Å². The Morgan fingerprint density at radius 3 is 2.52 bits per heavy atom. The summed E-state index contributed by atoms with van der Waals surface area (Å²) in [6.45, 7) is 2.08. The highest BCUT2D eigenvalue weighted by atomic mass is 35.5. The summed E-state index contributed by atoms with van der Waals surface area (Å²) in [5.41, 5.74) is 0.707. The van der Waals surface area contributed by atoms with Crippen LogP contribution in [0.1, 0.15) is 40.3 Å². The Morgan fingerprint density at radius 2 is 1.85 bits per heavy atom. The van der Waals surface area contributed by atoms with Crippen molar-refractivity contribution in [2.45, 2.75) is 19.4 Å². The second-order valence-corrected chi connectivity index (χ2v) is 6.53. The first-order valence-electron chi connectivity index (χ1n) is 8.36. The van der Waals surface area contributed by atoms with Crippen molar-refractivity contribution in [3.8, 4) is 5.75 Å². The lowest BCUT2D eigenvalue weighted by molar-refractivity contribution is 0.0942. The normalized spacial score (nSPS) is 11.8. The number of aromatic amines is 1. The van der Waals surface area contributed by atoms with E-state index in [0.717, 1.165) is 11.1 Å². The van der Waals surface area contributed by atoms with Crippen LogP contribution in [-0.4, -0.2) is 21.0 Å². The molecule has 0 spiro atoms. The van der Waals surface area contributed by atoms with Crippen molar-refractivity contribution in [2.24, 2.45) is 0 Å². The summed E-state index contributed by atoms with van der Waals surface area (Å²) in [6.07, 6.45) is 0. The summed E-state index contributed by atoms with van der Waals surface area (Å²) >= 11 is 5.84. The van der Waals surface area contributed by atoms with E-state index >= 15 is 0 Å². The third-order valence-corrected chi connectivity index (χ3v) is 4.46. The van der Waals surface area contributed by atoms with Crippen LogP contribution >= 0.6 is 11.6 Å². The lowest BCUT2D eigenvalue weighted by atomic mass is 10.0. The maximum atomic E-state index is 12.5. The van der Waals surface area contributed by atoms with Gasteiger partial charge in [-0.1, -0.05) is 61.0 Å². The number of rotatable bonds is 5. The summed E-state index contributed by atoms with van der Waals surface area (Å²) in [6, 6.07) is 16.4. The van der Waals surface area contributed by atoms with Crippen LogP contribution in [0.2, 0.25) is 5.02 Å². The first-order chi connectivity index (χ1) is 13.0. The van der Waals surface area contributed by atoms with Crippen molar-refractivity contribution >= 4 is 17.5 Å². The molecule has 1 unspecified atom stereocenters. The molecule has 0 aliphatic carbocycles. The van der Waals surface area contributed by atoms with Crippen molar-refractivity contribution in [2.75, 3.05) is 0 Å². The van der Waals surface area contributed by atoms with Gasteiger partial charge in [-0.25, -0.2) is 4.98 Å². The average Bonchev–Trinajstić information content (AvgIpc) is 2.69. The zero-order valence-corrected chi connectivity index (χ0v) is 15.3. The fourth-order valence-electron chi connectivity index (χ4n) is 2.62. The van der Waals surface area contributed by atoms with Crippen LogP contribution in [0.3, 0.4) is 0 Å². The minimum atomic E-state index is -0.751. The first kappa shape index (κ1) is 18.7. The Labute approximate surface area is 160 Å². The number of amides is 1. The highest BCUT2D eigenvalue weighted by Gasteiger charge is 2.20. The summed E-state index contributed by atoms with van der Waals surface area (Å²) < 4.78 is 0. The molecule has 0 saturated heterocycles. The van der Waals surface area contributed by atoms with Gasteiger partial charge in [0.25, 0.3) is 11.5 Å². The largest absolute Gasteiger partial charge is 0.501 e. The highest BCUT2D eigenvalue weighted by molar-refractivity contribution is 6.30. The van der Waals surface area contributed by atoms with Gasteiger partial charge < -0.3 is 15.4 Å². The molecule has 3 rings (SSSR count). The second kappa shape index (κ2) is 8.05. The molecule has 0 bridgehead atoms. The van der Waals surface area contributed by atoms with E-state index < -0.39 is 17.2 Å². The lowest BCUT2D eigenvalue weighted by Gasteiger charge is -2.13. The van der Waals surface area contributed by atoms with E-state index in [4.69, 9.17) is 11.6 Å². The molecular formula is C20H18ClN3O3. The van der Waals surface area contributed by atoms with E-state index in [1.807, 2.05) is 37.3 Å². The number of hydrogen-bond donors (Lipinski definition) is 3. The maximum Gasteiger partial charge on any atom is 0.293 e. The molecule has 7 heteroatoms. The molecule has 27 heavy (non-hydrogen) atoms. The molecule has 1 amide bonds. The molecule has 0 saturated carbocycles. The van der Waals surface area contributed by atoms with E-state index in [0.29, 0.717) is 10.8 Å². The minimum Gasteiger partial charge on any atom is -0.501 e. The van der Waals surface area contributed by atoms with Crippen LogP contribution in [0.25, 0.3) is 0 Å². The SMILES string of the molecule is CC(c1ccccc1)c1nc(C(=O)NCc2ccc(Cl)cc2)c(O)c(=O)[nH]1. The number of nitrogens with zero attached hydrogens (tertiary/aromatic N) is 1. The molecule has 138 valence electrons. The molecule has 2 aromatic carbocycles. The molecular weight excluding hydrogens is 366 g/mol. The number of carbonyl (C=O) groups is 1. The summed E-state index contributed by atoms with van der Waals surface area (Å²) in [4.78, 5) is 31.3. The summed E-state index contributed by atoms with van der Waals surface area (Å²) in [5, 5.41) is 13.2. The molecule has 1 atom stereocenters. The Hall–Kier alpha value is -3.12. The molecule has 3 N–H and O–H groups in total. The number of hydrogen-bond acceptors (Lipinski definition) is 4. The number of benzene rings is 2. The van der Waals surface area contributed by atoms with Crippen LogP contribution in [0, 0.1) is 0 Å². The maximum absolute atomic E-state index is 12.5. The van der Waals surface area contributed by atoms with Crippen molar-refractivity contribution in [3.63, 3.8) is 0 Å². The molecule has 0 aliphatic heterocycles. The molecule has 3 aromatic rings. The Balaban J connectivity index is 1.84. The third kappa shape index (κ3) is 4.35. The average molecular weight is 384 g/mol. The van der Waals surface area contributed by atoms with E-state index in [-0.39, 0.29) is 18.2 Å². The van der Waals surface area contributed by atoms with E-state index in [1.54, 1.807) is 24.3 Å². The number of halogens is 1. The van der Waals surface area contributed by atoms with Gasteiger partial charge in [0.15, 0.2) is 5.69 Å². The second-order valence-electron chi connectivity index (χ2n) is 6.09. The number of aromatic hydroxyl groups is 1. The van der Waals surface area contributed by atoms with Gasteiger partial charge in [0.05, 0.1) is 0 Å². The van der Waals surface area contributed by atoms with E-state index in [1.165, 1.54) is 0 Å². The molecule has 0 fully saturated rings. The van der Waals surface area contributed by atoms with E-state index in [2.05, 4.69) is 15.3 Å². The van der Waals surface area contributed by atoms with Crippen LogP contribution in [0.15, 0.2) is 59.4 Å². The fourth-order valence-corrected chi connectivity index (χ4v) is 2.74. The summed E-state index contributed by atoms with van der Waals surface area (Å²) in [5.74, 6) is -1.27. The first-order valence-corrected chi connectivity index (χ1v) is 8.74. The predicted octanol–water partition coefficient (Wildman–Crippen LogP) is 3.21. The van der Waals surface area contributed by atoms with Crippen LogP contribution < -0.4 is 10.9 Å². The number of nitrogens with one attached hydrogen (secondary N) is 2. The minimum absolute atomic E-state index is 0.216. The van der Waals surface area contributed by atoms with Crippen molar-refractivity contribution in [1.82, 2.24) is 15.3 Å². The van der Waals surface area contributed by atoms with Crippen molar-refractivity contribution in [1.29, 1.82) is 0 Å². The van der Waals surface area contributed by atoms with Gasteiger partial charge in [-0.2, -0.15) is 0 Å². The number of H-pyrrole nitrogens is 1. The number of carbonyl (C=O) groups excluding carboxylic acids is 1. The van der Waals surface area contributed by atoms with Gasteiger partial charge in [0.1, 0.15) is 5.82 Å². The van der Waals surface area contributed by atoms with Gasteiger partial charge in [0, 0.05) is 17.5 Å². The zero-order valence-electron chi connectivity index (χ0n) is 14.6. The Kier molecular flexibility index (Phi) is 5.57. The fraction of sp³-hybridized carbons (Fsp3) is 0.150. The zero-order chi connectivity index (χ0) is 19.4. The topological polar surface area (TPSA) is 95.1 Å². The molecule has 6 nitrogen and oxygen atoms in total. The third-order valence-electron chi connectivity index (χ3n) is 4.20. The van der Waals surface area contributed by atoms with Crippen molar-refractivity contribution in [3.05, 3.63) is 92.6 Å². The van der Waals surface area contributed by atoms with Crippen LogP contribution in [0.5, 0.6) is 5.75 Å². The predicted molar refractivity (Wildman–Crippen MR) is 103 cm³/mol. The van der Waals surface area contributed by atoms with Gasteiger partial charge in [-0.05, 0) is 23.3 Å². The van der Waals surface area contributed by atoms with Gasteiger partial charge >= 0.3 is 0 Å². The van der Waals surface area contributed by atoms with Crippen LogP contribution in [0.4, 0.5) is 0 Å². The molecule has 1 heterocycles. The monoisotopic (exact) mass is 383 g/mol. The van der Waals surface area contributed by atoms with Gasteiger partial charge in [0.2, 0.25) is 5.75 Å². The van der Waals surface area contributed by atoms with E-state index in [9.17, 15) is 14.7 Å².